The van der Waals surface area contributed by atoms with Crippen molar-refractivity contribution >= 4 is 17.6 Å². The number of aromatic nitrogens is 1. The molecule has 3 rings (SSSR count). The van der Waals surface area contributed by atoms with E-state index in [4.69, 9.17) is 22.0 Å². The largest absolute Gasteiger partial charge is 0.480 e. The molecule has 0 bridgehead atoms. The molecule has 0 amide bonds. The molecule has 1 saturated carbocycles. The smallest absolute Gasteiger partial charge is 0.320 e. The van der Waals surface area contributed by atoms with Gasteiger partial charge >= 0.3 is 11.9 Å². The molecule has 0 unspecified atom stereocenters. The zero-order chi connectivity index (χ0) is 22.6. The number of hydrogen-bond donors (Lipinski definition) is 2. The Labute approximate surface area is 184 Å². The molecule has 0 aromatic carbocycles. The van der Waals surface area contributed by atoms with Gasteiger partial charge in [-0.3, -0.25) is 19.5 Å². The van der Waals surface area contributed by atoms with Crippen LogP contribution in [-0.2, 0) is 14.3 Å². The number of hydrogen-bond acceptors (Lipinski definition) is 7. The van der Waals surface area contributed by atoms with Crippen molar-refractivity contribution in [2.75, 3.05) is 44.2 Å². The Bertz CT molecular complexity index is 725. The fourth-order valence-corrected chi connectivity index (χ4v) is 3.66. The van der Waals surface area contributed by atoms with E-state index < -0.39 is 11.9 Å². The molecule has 1 saturated heterocycles. The van der Waals surface area contributed by atoms with Gasteiger partial charge in [0.05, 0.1) is 13.2 Å². The minimum Gasteiger partial charge on any atom is -0.480 e. The van der Waals surface area contributed by atoms with E-state index in [0.717, 1.165) is 19.6 Å². The third-order valence-electron chi connectivity index (χ3n) is 5.57. The van der Waals surface area contributed by atoms with E-state index in [0.29, 0.717) is 25.1 Å². The number of esters is 1. The maximum Gasteiger partial charge on any atom is 0.320 e. The highest BCUT2D eigenvalue weighted by Crippen LogP contribution is 2.30. The van der Waals surface area contributed by atoms with Crippen LogP contribution < -0.4 is 10.6 Å². The molecule has 0 radical (unpaired) electrons. The van der Waals surface area contributed by atoms with E-state index in [1.54, 1.807) is 0 Å². The number of anilines is 1. The summed E-state index contributed by atoms with van der Waals surface area (Å²) in [5, 5.41) is 8.15. The Morgan fingerprint density at radius 1 is 1.32 bits per heavy atom. The lowest BCUT2D eigenvalue weighted by Gasteiger charge is -2.36. The summed E-state index contributed by atoms with van der Waals surface area (Å²) in [6, 6.07) is 4.77. The normalized spacial score (nSPS) is 17.3. The predicted octanol–water partition coefficient (Wildman–Crippen LogP) is 1.60. The average molecular weight is 431 g/mol. The summed E-state index contributed by atoms with van der Waals surface area (Å²) in [5.74, 6) is 0.778. The maximum absolute atomic E-state index is 11.8. The van der Waals surface area contributed by atoms with Gasteiger partial charge in [0.2, 0.25) is 0 Å². The van der Waals surface area contributed by atoms with Crippen LogP contribution in [0.4, 0.5) is 5.69 Å². The van der Waals surface area contributed by atoms with Crippen LogP contribution in [-0.4, -0.2) is 72.3 Å². The van der Waals surface area contributed by atoms with Crippen molar-refractivity contribution in [1.82, 2.24) is 9.88 Å². The number of nitrogens with zero attached hydrogens (tertiary/aromatic N) is 3. The van der Waals surface area contributed by atoms with Crippen LogP contribution in [0.2, 0.25) is 0 Å². The molecule has 1 aromatic rings. The quantitative estimate of drug-likeness (QED) is 0.449. The number of piperidine rings is 1. The van der Waals surface area contributed by atoms with Crippen LogP contribution in [0.5, 0.6) is 0 Å². The van der Waals surface area contributed by atoms with Crippen molar-refractivity contribution in [1.29, 1.82) is 0 Å². The fourth-order valence-electron chi connectivity index (χ4n) is 3.66. The highest BCUT2D eigenvalue weighted by atomic mass is 16.5. The number of carbonyl (C=O) groups is 2. The van der Waals surface area contributed by atoms with Gasteiger partial charge in [0, 0.05) is 50.3 Å². The maximum atomic E-state index is 11.8. The number of nitrogens with two attached hydrogens (primary N) is 1. The SMILES string of the molecule is C#C[C@@H](CN)C(=O)O.CCOC(=O)CN(CC1CCN(c2ccncc2)CC1)C1CC1. The first-order valence-electron chi connectivity index (χ1n) is 10.9. The molecule has 3 N–H and O–H groups in total. The lowest BCUT2D eigenvalue weighted by Crippen LogP contribution is -2.41. The molecule has 2 fully saturated rings. The third-order valence-corrected chi connectivity index (χ3v) is 5.57. The van der Waals surface area contributed by atoms with E-state index in [2.05, 4.69) is 26.9 Å². The van der Waals surface area contributed by atoms with Gasteiger partial charge in [0.1, 0.15) is 5.92 Å². The van der Waals surface area contributed by atoms with Crippen LogP contribution in [0.15, 0.2) is 24.5 Å². The van der Waals surface area contributed by atoms with E-state index in [9.17, 15) is 9.59 Å². The summed E-state index contributed by atoms with van der Waals surface area (Å²) >= 11 is 0. The molecule has 170 valence electrons. The Morgan fingerprint density at radius 3 is 2.42 bits per heavy atom. The van der Waals surface area contributed by atoms with Crippen molar-refractivity contribution in [3.8, 4) is 12.3 Å². The number of rotatable bonds is 9. The van der Waals surface area contributed by atoms with Crippen molar-refractivity contribution < 1.29 is 19.4 Å². The second kappa shape index (κ2) is 12.9. The average Bonchev–Trinajstić information content (AvgIpc) is 3.61. The summed E-state index contributed by atoms with van der Waals surface area (Å²) in [6.07, 6.45) is 13.3. The third kappa shape index (κ3) is 8.56. The molecular formula is C23H34N4O4. The molecule has 8 nitrogen and oxygen atoms in total. The van der Waals surface area contributed by atoms with Gasteiger partial charge < -0.3 is 20.5 Å². The first-order valence-corrected chi connectivity index (χ1v) is 10.9. The monoisotopic (exact) mass is 430 g/mol. The summed E-state index contributed by atoms with van der Waals surface area (Å²) < 4.78 is 5.12. The van der Waals surface area contributed by atoms with Crippen LogP contribution in [0.3, 0.4) is 0 Å². The van der Waals surface area contributed by atoms with Gasteiger partial charge in [-0.05, 0) is 50.7 Å². The first kappa shape index (κ1) is 24.6. The first-order chi connectivity index (χ1) is 15.0. The highest BCUT2D eigenvalue weighted by Gasteiger charge is 2.33. The number of carboxylic acids is 1. The topological polar surface area (TPSA) is 109 Å². The zero-order valence-corrected chi connectivity index (χ0v) is 18.3. The Kier molecular flexibility index (Phi) is 10.3. The summed E-state index contributed by atoms with van der Waals surface area (Å²) in [5.41, 5.74) is 6.23. The van der Waals surface area contributed by atoms with E-state index in [1.165, 1.54) is 31.4 Å². The molecule has 2 aliphatic rings. The minimum absolute atomic E-state index is 0.00579. The molecule has 1 aliphatic heterocycles. The van der Waals surface area contributed by atoms with Gasteiger partial charge in [-0.15, -0.1) is 6.42 Å². The number of terminal acetylenes is 1. The standard InChI is InChI=1S/C18H27N3O2.C5H7NO2/c1-2-23-18(22)14-21(16-3-4-16)13-15-7-11-20(12-8-15)17-5-9-19-10-6-17;1-2-4(3-6)5(7)8/h5-6,9-10,15-16H,2-4,7-8,11-14H2,1H3;1,4H,3,6H2,(H,7,8)/t;4-/m.0/s1. The summed E-state index contributed by atoms with van der Waals surface area (Å²) in [6.45, 7) is 6.03. The molecule has 1 atom stereocenters. The number of carbonyl (C=O) groups excluding carboxylic acids is 1. The Balaban J connectivity index is 0.000000366. The highest BCUT2D eigenvalue weighted by molar-refractivity contribution is 5.73. The lowest BCUT2D eigenvalue weighted by molar-refractivity contribution is -0.144. The lowest BCUT2D eigenvalue weighted by atomic mass is 9.95. The molecule has 2 heterocycles. The molecule has 1 aromatic heterocycles. The number of carboxylic acid groups (broad SMARTS) is 1. The van der Waals surface area contributed by atoms with Gasteiger partial charge in [0.25, 0.3) is 0 Å². The Morgan fingerprint density at radius 2 is 1.97 bits per heavy atom. The van der Waals surface area contributed by atoms with Crippen molar-refractivity contribution in [2.24, 2.45) is 17.6 Å². The van der Waals surface area contributed by atoms with Gasteiger partial charge in [-0.1, -0.05) is 5.92 Å². The van der Waals surface area contributed by atoms with Gasteiger partial charge in [-0.2, -0.15) is 0 Å². The number of aliphatic carboxylic acids is 1. The van der Waals surface area contributed by atoms with Crippen molar-refractivity contribution in [2.45, 2.75) is 38.6 Å². The van der Waals surface area contributed by atoms with E-state index >= 15 is 0 Å². The fraction of sp³-hybridized carbons (Fsp3) is 0.609. The van der Waals surface area contributed by atoms with Crippen molar-refractivity contribution in [3.05, 3.63) is 24.5 Å². The molecule has 1 aliphatic carbocycles. The number of ether oxygens (including phenoxy) is 1. The molecule has 8 heteroatoms. The molecule has 0 spiro atoms. The van der Waals surface area contributed by atoms with Gasteiger partial charge in [0.15, 0.2) is 0 Å². The van der Waals surface area contributed by atoms with Crippen LogP contribution >= 0.6 is 0 Å². The van der Waals surface area contributed by atoms with E-state index in [1.807, 2.05) is 25.2 Å². The summed E-state index contributed by atoms with van der Waals surface area (Å²) in [4.78, 5) is 30.6. The Hall–Kier alpha value is -2.63. The predicted molar refractivity (Wildman–Crippen MR) is 119 cm³/mol. The van der Waals surface area contributed by atoms with Gasteiger partial charge in [-0.25, -0.2) is 0 Å². The molecular weight excluding hydrogens is 396 g/mol. The second-order valence-electron chi connectivity index (χ2n) is 7.89. The second-order valence-corrected chi connectivity index (χ2v) is 7.89. The number of pyridine rings is 1. The van der Waals surface area contributed by atoms with E-state index in [-0.39, 0.29) is 12.5 Å². The van der Waals surface area contributed by atoms with Crippen LogP contribution in [0.1, 0.15) is 32.6 Å². The molecule has 31 heavy (non-hydrogen) atoms. The van der Waals surface area contributed by atoms with Crippen LogP contribution in [0.25, 0.3) is 0 Å². The van der Waals surface area contributed by atoms with Crippen molar-refractivity contribution in [3.63, 3.8) is 0 Å². The summed E-state index contributed by atoms with van der Waals surface area (Å²) in [7, 11) is 0. The zero-order valence-electron chi connectivity index (χ0n) is 18.3. The minimum atomic E-state index is -1.03. The van der Waals surface area contributed by atoms with Crippen LogP contribution in [0, 0.1) is 24.2 Å².